The third-order valence-corrected chi connectivity index (χ3v) is 5.98. The van der Waals surface area contributed by atoms with Crippen LogP contribution in [0.5, 0.6) is 0 Å². The highest BCUT2D eigenvalue weighted by molar-refractivity contribution is 5.87. The number of hydrogen-bond acceptors (Lipinski definition) is 3. The van der Waals surface area contributed by atoms with E-state index in [1.165, 1.54) is 27.7 Å². The Kier molecular flexibility index (Phi) is 4.70. The van der Waals surface area contributed by atoms with Crippen LogP contribution in [0.1, 0.15) is 56.5 Å². The number of benzene rings is 1. The van der Waals surface area contributed by atoms with Crippen LogP contribution in [0.3, 0.4) is 0 Å². The van der Waals surface area contributed by atoms with Crippen LogP contribution in [0.15, 0.2) is 18.2 Å². The third kappa shape index (κ3) is 3.30. The van der Waals surface area contributed by atoms with Gasteiger partial charge in [0.15, 0.2) is 0 Å². The Hall–Kier alpha value is -2.34. The quantitative estimate of drug-likeness (QED) is 0.785. The lowest BCUT2D eigenvalue weighted by atomic mass is 9.89. The fourth-order valence-electron chi connectivity index (χ4n) is 4.52. The van der Waals surface area contributed by atoms with Crippen LogP contribution in [0.25, 0.3) is 10.9 Å². The van der Waals surface area contributed by atoms with Gasteiger partial charge >= 0.3 is 0 Å². The average molecular weight is 383 g/mol. The summed E-state index contributed by atoms with van der Waals surface area (Å²) in [5.74, 6) is -0.347. The molecular formula is C22H30N4O2. The number of rotatable bonds is 2. The van der Waals surface area contributed by atoms with E-state index >= 15 is 0 Å². The molecule has 1 aromatic heterocycles. The van der Waals surface area contributed by atoms with E-state index in [1.54, 1.807) is 0 Å². The lowest BCUT2D eigenvalue weighted by Crippen LogP contribution is -2.51. The van der Waals surface area contributed by atoms with Gasteiger partial charge in [0.2, 0.25) is 5.91 Å². The Morgan fingerprint density at radius 1 is 1.18 bits per heavy atom. The summed E-state index contributed by atoms with van der Waals surface area (Å²) in [6, 6.07) is 7.00. The number of aryl methyl sites for hydroxylation is 2. The minimum atomic E-state index is -0.532. The van der Waals surface area contributed by atoms with E-state index in [1.807, 2.05) is 20.8 Å². The first-order valence-electron chi connectivity index (χ1n) is 10.2. The van der Waals surface area contributed by atoms with Gasteiger partial charge in [-0.15, -0.1) is 0 Å². The first-order chi connectivity index (χ1) is 13.3. The second-order valence-electron chi connectivity index (χ2n) is 9.17. The first-order valence-corrected chi connectivity index (χ1v) is 10.2. The fraction of sp³-hybridized carbons (Fsp3) is 0.545. The van der Waals surface area contributed by atoms with E-state index in [9.17, 15) is 9.59 Å². The summed E-state index contributed by atoms with van der Waals surface area (Å²) >= 11 is 0. The Labute approximate surface area is 166 Å². The number of carbonyl (C=O) groups is 2. The van der Waals surface area contributed by atoms with Crippen molar-refractivity contribution in [3.05, 3.63) is 35.0 Å². The first kappa shape index (κ1) is 19.0. The van der Waals surface area contributed by atoms with Gasteiger partial charge in [-0.3, -0.25) is 25.3 Å². The summed E-state index contributed by atoms with van der Waals surface area (Å²) in [4.78, 5) is 26.7. The average Bonchev–Trinajstić information content (AvgIpc) is 2.96. The molecular weight excluding hydrogens is 352 g/mol. The Balaban J connectivity index is 1.53. The zero-order chi connectivity index (χ0) is 20.1. The Bertz CT molecular complexity index is 938. The molecule has 0 bridgehead atoms. The van der Waals surface area contributed by atoms with Gasteiger partial charge in [-0.2, -0.15) is 0 Å². The molecule has 2 amide bonds. The van der Waals surface area contributed by atoms with Gasteiger partial charge in [-0.1, -0.05) is 32.4 Å². The Morgan fingerprint density at radius 3 is 2.71 bits per heavy atom. The molecule has 6 nitrogen and oxygen atoms in total. The Morgan fingerprint density at radius 2 is 1.96 bits per heavy atom. The van der Waals surface area contributed by atoms with Gasteiger partial charge in [-0.25, -0.2) is 0 Å². The molecule has 28 heavy (non-hydrogen) atoms. The van der Waals surface area contributed by atoms with Crippen LogP contribution in [0, 0.1) is 12.3 Å². The SMILES string of the molecule is Cc1ccc2c(c1)c1c3n2CCN(CC(=O)NNC(=O)C(C)(C)C)[C@@H]3CCC1. The van der Waals surface area contributed by atoms with E-state index in [0.717, 1.165) is 32.4 Å². The highest BCUT2D eigenvalue weighted by Gasteiger charge is 2.35. The lowest BCUT2D eigenvalue weighted by Gasteiger charge is -2.39. The van der Waals surface area contributed by atoms with Crippen molar-refractivity contribution in [1.29, 1.82) is 0 Å². The maximum atomic E-state index is 12.5. The summed E-state index contributed by atoms with van der Waals surface area (Å²) < 4.78 is 2.46. The van der Waals surface area contributed by atoms with Gasteiger partial charge in [-0.05, 0) is 43.9 Å². The third-order valence-electron chi connectivity index (χ3n) is 5.98. The zero-order valence-corrected chi connectivity index (χ0v) is 17.3. The minimum Gasteiger partial charge on any atom is -0.342 e. The number of nitrogens with zero attached hydrogens (tertiary/aromatic N) is 2. The predicted molar refractivity (Wildman–Crippen MR) is 110 cm³/mol. The van der Waals surface area contributed by atoms with Gasteiger partial charge in [0.05, 0.1) is 12.6 Å². The highest BCUT2D eigenvalue weighted by Crippen LogP contribution is 2.42. The van der Waals surface area contributed by atoms with Crippen molar-refractivity contribution in [3.63, 3.8) is 0 Å². The maximum absolute atomic E-state index is 12.5. The van der Waals surface area contributed by atoms with E-state index in [0.29, 0.717) is 6.54 Å². The van der Waals surface area contributed by atoms with Gasteiger partial charge in [0.1, 0.15) is 0 Å². The molecule has 1 aromatic carbocycles. The number of carbonyl (C=O) groups excluding carboxylic acids is 2. The van der Waals surface area contributed by atoms with Gasteiger partial charge in [0.25, 0.3) is 5.91 Å². The molecule has 2 aliphatic rings. The summed E-state index contributed by atoms with van der Waals surface area (Å²) in [6.07, 6.45) is 3.33. The molecule has 6 heteroatoms. The fourth-order valence-corrected chi connectivity index (χ4v) is 4.52. The van der Waals surface area contributed by atoms with Crippen LogP contribution in [0.4, 0.5) is 0 Å². The summed E-state index contributed by atoms with van der Waals surface area (Å²) in [7, 11) is 0. The molecule has 0 saturated heterocycles. The molecule has 2 heterocycles. The predicted octanol–water partition coefficient (Wildman–Crippen LogP) is 2.84. The lowest BCUT2D eigenvalue weighted by molar-refractivity contribution is -0.134. The van der Waals surface area contributed by atoms with Crippen LogP contribution >= 0.6 is 0 Å². The summed E-state index contributed by atoms with van der Waals surface area (Å²) in [5, 5.41) is 1.38. The van der Waals surface area contributed by atoms with Crippen molar-refractivity contribution in [3.8, 4) is 0 Å². The van der Waals surface area contributed by atoms with Crippen molar-refractivity contribution >= 4 is 22.7 Å². The standard InChI is InChI=1S/C22H30N4O2/c1-14-8-9-17-16(12-14)15-6-5-7-18-20(15)26(17)11-10-25(18)13-19(27)23-24-21(28)22(2,3)4/h8-9,12,18H,5-7,10-11,13H2,1-4H3,(H,23,27)(H,24,28)/t18-/m1/s1. The summed E-state index contributed by atoms with van der Waals surface area (Å²) in [6.45, 7) is 9.65. The van der Waals surface area contributed by atoms with Crippen molar-refractivity contribution in [2.24, 2.45) is 5.41 Å². The molecule has 0 spiro atoms. The van der Waals surface area contributed by atoms with E-state index in [4.69, 9.17) is 0 Å². The highest BCUT2D eigenvalue weighted by atomic mass is 16.2. The molecule has 2 N–H and O–H groups in total. The smallest absolute Gasteiger partial charge is 0.252 e. The number of hydrazine groups is 1. The zero-order valence-electron chi connectivity index (χ0n) is 17.3. The number of hydrogen-bond donors (Lipinski definition) is 2. The van der Waals surface area contributed by atoms with E-state index in [2.05, 4.69) is 45.4 Å². The number of fused-ring (bicyclic) bond motifs is 3. The topological polar surface area (TPSA) is 66.4 Å². The van der Waals surface area contributed by atoms with Gasteiger partial charge in [0, 0.05) is 35.1 Å². The molecule has 1 aliphatic heterocycles. The molecule has 1 aliphatic carbocycles. The summed E-state index contributed by atoms with van der Waals surface area (Å²) in [5.41, 5.74) is 10.1. The van der Waals surface area contributed by atoms with Crippen LogP contribution in [-0.4, -0.2) is 34.4 Å². The maximum Gasteiger partial charge on any atom is 0.252 e. The number of amides is 2. The van der Waals surface area contributed by atoms with Gasteiger partial charge < -0.3 is 4.57 Å². The molecule has 2 aromatic rings. The number of aromatic nitrogens is 1. The normalized spacial score (nSPS) is 19.4. The second-order valence-corrected chi connectivity index (χ2v) is 9.17. The molecule has 4 rings (SSSR count). The van der Waals surface area contributed by atoms with Crippen molar-refractivity contribution in [2.45, 2.75) is 59.5 Å². The molecule has 1 atom stereocenters. The van der Waals surface area contributed by atoms with E-state index < -0.39 is 5.41 Å². The van der Waals surface area contributed by atoms with E-state index in [-0.39, 0.29) is 17.9 Å². The van der Waals surface area contributed by atoms with Crippen molar-refractivity contribution in [2.75, 3.05) is 13.1 Å². The monoisotopic (exact) mass is 382 g/mol. The molecule has 0 unspecified atom stereocenters. The number of nitrogens with one attached hydrogen (secondary N) is 2. The molecule has 0 fully saturated rings. The van der Waals surface area contributed by atoms with Crippen LogP contribution in [0.2, 0.25) is 0 Å². The second kappa shape index (κ2) is 6.92. The van der Waals surface area contributed by atoms with Crippen LogP contribution < -0.4 is 10.9 Å². The largest absolute Gasteiger partial charge is 0.342 e. The molecule has 0 saturated carbocycles. The minimum absolute atomic E-state index is 0.162. The molecule has 0 radical (unpaired) electrons. The van der Waals surface area contributed by atoms with Crippen LogP contribution in [-0.2, 0) is 22.6 Å². The van der Waals surface area contributed by atoms with Crippen molar-refractivity contribution in [1.82, 2.24) is 20.3 Å². The molecule has 150 valence electrons. The van der Waals surface area contributed by atoms with Crippen molar-refractivity contribution < 1.29 is 9.59 Å².